The number of nitrogens with two attached hydrogens (primary N) is 1. The quantitative estimate of drug-likeness (QED) is 0.774. The van der Waals surface area contributed by atoms with Crippen LogP contribution in [0.15, 0.2) is 6.33 Å². The highest BCUT2D eigenvalue weighted by atomic mass is 15.3. The van der Waals surface area contributed by atoms with Crippen LogP contribution in [0.1, 0.15) is 26.7 Å². The highest BCUT2D eigenvalue weighted by Gasteiger charge is 2.34. The van der Waals surface area contributed by atoms with Gasteiger partial charge in [-0.25, -0.2) is 4.98 Å². The smallest absolute Gasteiger partial charge is 0.224 e. The van der Waals surface area contributed by atoms with Gasteiger partial charge in [0.2, 0.25) is 5.95 Å². The van der Waals surface area contributed by atoms with E-state index in [9.17, 15) is 0 Å². The number of nitrogens with zero attached hydrogens (tertiary/aromatic N) is 4. The van der Waals surface area contributed by atoms with Crippen LogP contribution in [0.5, 0.6) is 0 Å². The Morgan fingerprint density at radius 2 is 2.24 bits per heavy atom. The number of hydrogen-bond donors (Lipinski definition) is 2. The van der Waals surface area contributed by atoms with Crippen molar-refractivity contribution in [3.05, 3.63) is 6.33 Å². The summed E-state index contributed by atoms with van der Waals surface area (Å²) in [7, 11) is 0. The first-order valence-electron chi connectivity index (χ1n) is 5.82. The van der Waals surface area contributed by atoms with E-state index in [1.807, 2.05) is 0 Å². The van der Waals surface area contributed by atoms with Gasteiger partial charge in [-0.1, -0.05) is 0 Å². The largest absolute Gasteiger partial charge is 0.368 e. The second kappa shape index (κ2) is 3.32. The molecule has 0 unspecified atom stereocenters. The summed E-state index contributed by atoms with van der Waals surface area (Å²) in [6.45, 7) is 5.44. The molecule has 0 saturated carbocycles. The van der Waals surface area contributed by atoms with Gasteiger partial charge in [0.05, 0.1) is 6.33 Å². The van der Waals surface area contributed by atoms with Crippen LogP contribution in [0.4, 0.5) is 11.8 Å². The Hall–Kier alpha value is -1.85. The van der Waals surface area contributed by atoms with E-state index in [0.29, 0.717) is 5.65 Å². The molecule has 6 heteroatoms. The molecule has 0 aliphatic carbocycles. The standard InChI is InChI=1S/C11H16N6/c1-11(2)4-3-5-17(11)9-7-8(14-6-13-7)15-10(12)16-9/h6H,3-5H2,1-2H3,(H3,12,13,14,15,16). The van der Waals surface area contributed by atoms with Crippen molar-refractivity contribution in [3.8, 4) is 0 Å². The minimum absolute atomic E-state index is 0.110. The summed E-state index contributed by atoms with van der Waals surface area (Å²) in [6.07, 6.45) is 3.96. The van der Waals surface area contributed by atoms with Crippen molar-refractivity contribution >= 4 is 22.9 Å². The number of rotatable bonds is 1. The van der Waals surface area contributed by atoms with Gasteiger partial charge in [-0.2, -0.15) is 9.97 Å². The van der Waals surface area contributed by atoms with Gasteiger partial charge < -0.3 is 15.6 Å². The molecule has 0 bridgehead atoms. The fraction of sp³-hybridized carbons (Fsp3) is 0.545. The molecular weight excluding hydrogens is 216 g/mol. The summed E-state index contributed by atoms with van der Waals surface area (Å²) in [5.41, 5.74) is 7.35. The molecule has 0 amide bonds. The molecule has 0 radical (unpaired) electrons. The molecule has 90 valence electrons. The molecule has 1 fully saturated rings. The van der Waals surface area contributed by atoms with Crippen molar-refractivity contribution in [2.45, 2.75) is 32.2 Å². The lowest BCUT2D eigenvalue weighted by Gasteiger charge is -2.32. The van der Waals surface area contributed by atoms with Crippen LogP contribution in [0, 0.1) is 0 Å². The minimum Gasteiger partial charge on any atom is -0.368 e. The minimum atomic E-state index is 0.110. The van der Waals surface area contributed by atoms with Gasteiger partial charge in [-0.3, -0.25) is 0 Å². The summed E-state index contributed by atoms with van der Waals surface area (Å²) in [4.78, 5) is 18.0. The maximum atomic E-state index is 5.74. The van der Waals surface area contributed by atoms with Crippen molar-refractivity contribution < 1.29 is 0 Å². The monoisotopic (exact) mass is 232 g/mol. The van der Waals surface area contributed by atoms with E-state index in [4.69, 9.17) is 5.73 Å². The van der Waals surface area contributed by atoms with Crippen LogP contribution in [0.2, 0.25) is 0 Å². The predicted octanol–water partition coefficient (Wildman–Crippen LogP) is 1.31. The molecule has 3 rings (SSSR count). The van der Waals surface area contributed by atoms with Gasteiger partial charge >= 0.3 is 0 Å². The number of imidazole rings is 1. The zero-order chi connectivity index (χ0) is 12.0. The average molecular weight is 232 g/mol. The Morgan fingerprint density at radius 3 is 2.94 bits per heavy atom. The third kappa shape index (κ3) is 1.51. The van der Waals surface area contributed by atoms with Crippen molar-refractivity contribution in [2.24, 2.45) is 0 Å². The lowest BCUT2D eigenvalue weighted by Crippen LogP contribution is -2.39. The second-order valence-corrected chi connectivity index (χ2v) is 5.07. The van der Waals surface area contributed by atoms with Crippen LogP contribution in [-0.2, 0) is 0 Å². The average Bonchev–Trinajstić information content (AvgIpc) is 2.82. The number of aromatic amines is 1. The van der Waals surface area contributed by atoms with Crippen LogP contribution >= 0.6 is 0 Å². The summed E-state index contributed by atoms with van der Waals surface area (Å²) >= 11 is 0. The van der Waals surface area contributed by atoms with E-state index >= 15 is 0 Å². The van der Waals surface area contributed by atoms with E-state index in [-0.39, 0.29) is 11.5 Å². The topological polar surface area (TPSA) is 83.7 Å². The fourth-order valence-electron chi connectivity index (χ4n) is 2.53. The summed E-state index contributed by atoms with van der Waals surface area (Å²) < 4.78 is 0. The predicted molar refractivity (Wildman–Crippen MR) is 66.8 cm³/mol. The van der Waals surface area contributed by atoms with Crippen molar-refractivity contribution in [2.75, 3.05) is 17.2 Å². The molecule has 2 aromatic heterocycles. The van der Waals surface area contributed by atoms with E-state index < -0.39 is 0 Å². The molecule has 1 saturated heterocycles. The number of H-pyrrole nitrogens is 1. The molecule has 6 nitrogen and oxygen atoms in total. The maximum Gasteiger partial charge on any atom is 0.224 e. The highest BCUT2D eigenvalue weighted by molar-refractivity contribution is 5.84. The molecule has 17 heavy (non-hydrogen) atoms. The number of hydrogen-bond acceptors (Lipinski definition) is 5. The molecule has 1 aliphatic heterocycles. The number of anilines is 2. The second-order valence-electron chi connectivity index (χ2n) is 5.07. The van der Waals surface area contributed by atoms with Crippen molar-refractivity contribution in [1.29, 1.82) is 0 Å². The molecule has 2 aromatic rings. The van der Waals surface area contributed by atoms with Crippen LogP contribution in [0.25, 0.3) is 11.2 Å². The van der Waals surface area contributed by atoms with Crippen molar-refractivity contribution in [1.82, 2.24) is 19.9 Å². The third-order valence-electron chi connectivity index (χ3n) is 3.44. The summed E-state index contributed by atoms with van der Waals surface area (Å²) in [6, 6.07) is 0. The molecule has 3 heterocycles. The van der Waals surface area contributed by atoms with Gasteiger partial charge in [0.1, 0.15) is 5.52 Å². The van der Waals surface area contributed by atoms with Gasteiger partial charge in [-0.05, 0) is 26.7 Å². The molecule has 0 aromatic carbocycles. The lowest BCUT2D eigenvalue weighted by atomic mass is 10.0. The van der Waals surface area contributed by atoms with Crippen molar-refractivity contribution in [3.63, 3.8) is 0 Å². The van der Waals surface area contributed by atoms with Gasteiger partial charge in [0.25, 0.3) is 0 Å². The van der Waals surface area contributed by atoms with E-state index in [1.165, 1.54) is 6.42 Å². The Morgan fingerprint density at radius 1 is 1.41 bits per heavy atom. The zero-order valence-electron chi connectivity index (χ0n) is 10.1. The number of nitrogens with one attached hydrogen (secondary N) is 1. The molecule has 0 atom stereocenters. The Bertz CT molecular complexity index is 558. The van der Waals surface area contributed by atoms with Crippen LogP contribution < -0.4 is 10.6 Å². The molecule has 0 spiro atoms. The zero-order valence-corrected chi connectivity index (χ0v) is 10.1. The van der Waals surface area contributed by atoms with Gasteiger partial charge in [0, 0.05) is 12.1 Å². The first-order valence-corrected chi connectivity index (χ1v) is 5.82. The summed E-state index contributed by atoms with van der Waals surface area (Å²) in [5, 5.41) is 0. The van der Waals surface area contributed by atoms with Crippen LogP contribution in [0.3, 0.4) is 0 Å². The molecule has 3 N–H and O–H groups in total. The maximum absolute atomic E-state index is 5.74. The van der Waals surface area contributed by atoms with E-state index in [0.717, 1.165) is 24.3 Å². The number of aromatic nitrogens is 4. The molecule has 1 aliphatic rings. The Kier molecular flexibility index (Phi) is 2.01. The fourth-order valence-corrected chi connectivity index (χ4v) is 2.53. The van der Waals surface area contributed by atoms with Crippen LogP contribution in [-0.4, -0.2) is 32.0 Å². The highest BCUT2D eigenvalue weighted by Crippen LogP contribution is 2.35. The Labute approximate surface area is 99.3 Å². The van der Waals surface area contributed by atoms with E-state index in [2.05, 4.69) is 38.7 Å². The lowest BCUT2D eigenvalue weighted by molar-refractivity contribution is 0.515. The van der Waals surface area contributed by atoms with E-state index in [1.54, 1.807) is 6.33 Å². The normalized spacial score (nSPS) is 19.1. The number of fused-ring (bicyclic) bond motifs is 1. The SMILES string of the molecule is CC1(C)CCCN1c1nc(N)nc2nc[nH]c12. The van der Waals surface area contributed by atoms with Gasteiger partial charge in [-0.15, -0.1) is 0 Å². The molecular formula is C11H16N6. The first-order chi connectivity index (χ1) is 8.08. The Balaban J connectivity index is 2.19. The first kappa shape index (κ1) is 10.3. The summed E-state index contributed by atoms with van der Waals surface area (Å²) in [5.74, 6) is 1.15. The number of nitrogen functional groups attached to an aromatic ring is 1. The third-order valence-corrected chi connectivity index (χ3v) is 3.44. The van der Waals surface area contributed by atoms with Gasteiger partial charge in [0.15, 0.2) is 11.5 Å².